The number of sulfone groups is 1. The van der Waals surface area contributed by atoms with Crippen LogP contribution >= 0.6 is 11.8 Å². The van der Waals surface area contributed by atoms with E-state index in [1.807, 2.05) is 25.8 Å². The number of thioether (sulfide) groups is 1. The van der Waals surface area contributed by atoms with Crippen LogP contribution in [0.5, 0.6) is 0 Å². The number of amidine groups is 1. The van der Waals surface area contributed by atoms with E-state index >= 15 is 0 Å². The summed E-state index contributed by atoms with van der Waals surface area (Å²) in [5.74, 6) is 0.186. The van der Waals surface area contributed by atoms with Gasteiger partial charge in [0.1, 0.15) is 0 Å². The number of fused-ring (bicyclic) bond motifs is 1. The zero-order valence-corrected chi connectivity index (χ0v) is 12.4. The Kier molecular flexibility index (Phi) is 3.73. The summed E-state index contributed by atoms with van der Waals surface area (Å²) in [5, 5.41) is 0.702. The van der Waals surface area contributed by atoms with Crippen LogP contribution in [-0.4, -0.2) is 54.2 Å². The fraction of sp³-hybridized carbons (Fsp3) is 0.818. The Labute approximate surface area is 112 Å². The molecule has 0 spiro atoms. The van der Waals surface area contributed by atoms with Crippen molar-refractivity contribution in [3.8, 4) is 0 Å². The minimum atomic E-state index is -2.91. The lowest BCUT2D eigenvalue weighted by Crippen LogP contribution is -2.34. The van der Waals surface area contributed by atoms with Crippen molar-refractivity contribution < 1.29 is 13.2 Å². The molecule has 18 heavy (non-hydrogen) atoms. The van der Waals surface area contributed by atoms with Crippen molar-refractivity contribution in [3.63, 3.8) is 0 Å². The molecule has 2 saturated heterocycles. The molecule has 0 radical (unpaired) electrons. The van der Waals surface area contributed by atoms with Crippen LogP contribution in [0.3, 0.4) is 0 Å². The Morgan fingerprint density at radius 2 is 2.22 bits per heavy atom. The molecule has 0 aromatic carbocycles. The van der Waals surface area contributed by atoms with E-state index in [4.69, 9.17) is 0 Å². The minimum Gasteiger partial charge on any atom is -0.349 e. The molecular formula is C11H18N2O3S2. The number of amides is 1. The van der Waals surface area contributed by atoms with E-state index in [1.54, 1.807) is 0 Å². The molecule has 3 atom stereocenters. The second-order valence-corrected chi connectivity index (χ2v) is 8.31. The highest BCUT2D eigenvalue weighted by molar-refractivity contribution is 8.15. The van der Waals surface area contributed by atoms with E-state index in [0.29, 0.717) is 5.17 Å². The molecule has 0 saturated carbocycles. The first-order chi connectivity index (χ1) is 8.34. The van der Waals surface area contributed by atoms with Gasteiger partial charge in [-0.25, -0.2) is 8.42 Å². The fourth-order valence-corrected chi connectivity index (χ4v) is 6.12. The molecule has 2 heterocycles. The van der Waals surface area contributed by atoms with Crippen LogP contribution in [-0.2, 0) is 14.6 Å². The summed E-state index contributed by atoms with van der Waals surface area (Å²) in [6.45, 7) is 3.81. The van der Waals surface area contributed by atoms with Gasteiger partial charge in [-0.1, -0.05) is 25.6 Å². The Hall–Kier alpha value is -0.560. The first kappa shape index (κ1) is 13.9. The number of nitrogens with zero attached hydrogens (tertiary/aromatic N) is 2. The SMILES string of the molecule is CC[C@H](C)C(=O)N=C1S[C@@H]2CS(=O)(=O)C[C@H]2N1C. The number of carbonyl (C=O) groups excluding carboxylic acids is 1. The third-order valence-electron chi connectivity index (χ3n) is 3.57. The van der Waals surface area contributed by atoms with Gasteiger partial charge in [0.15, 0.2) is 15.0 Å². The first-order valence-corrected chi connectivity index (χ1v) is 8.76. The van der Waals surface area contributed by atoms with Crippen molar-refractivity contribution in [2.75, 3.05) is 18.6 Å². The normalized spacial score (nSPS) is 33.7. The zero-order chi connectivity index (χ0) is 13.5. The van der Waals surface area contributed by atoms with Crippen LogP contribution in [0, 0.1) is 5.92 Å². The fourth-order valence-electron chi connectivity index (χ4n) is 2.12. The van der Waals surface area contributed by atoms with Crippen molar-refractivity contribution in [2.24, 2.45) is 10.9 Å². The molecule has 0 aromatic rings. The Morgan fingerprint density at radius 1 is 1.56 bits per heavy atom. The van der Waals surface area contributed by atoms with Crippen molar-refractivity contribution in [2.45, 2.75) is 31.6 Å². The van der Waals surface area contributed by atoms with Crippen molar-refractivity contribution in [3.05, 3.63) is 0 Å². The first-order valence-electron chi connectivity index (χ1n) is 6.06. The molecule has 102 valence electrons. The van der Waals surface area contributed by atoms with Crippen molar-refractivity contribution >= 4 is 32.7 Å². The molecule has 0 aromatic heterocycles. The third-order valence-corrected chi connectivity index (χ3v) is 6.87. The zero-order valence-electron chi connectivity index (χ0n) is 10.8. The van der Waals surface area contributed by atoms with Crippen molar-refractivity contribution in [1.29, 1.82) is 0 Å². The van der Waals surface area contributed by atoms with Gasteiger partial charge in [-0.3, -0.25) is 4.79 Å². The Morgan fingerprint density at radius 3 is 2.78 bits per heavy atom. The largest absolute Gasteiger partial charge is 0.349 e. The molecule has 5 nitrogen and oxygen atoms in total. The quantitative estimate of drug-likeness (QED) is 0.751. The van der Waals surface area contributed by atoms with Crippen LogP contribution in [0.2, 0.25) is 0 Å². The molecule has 0 unspecified atom stereocenters. The minimum absolute atomic E-state index is 0.0246. The average molecular weight is 290 g/mol. The molecule has 2 aliphatic rings. The second-order valence-electron chi connectivity index (χ2n) is 4.95. The van der Waals surface area contributed by atoms with E-state index in [2.05, 4.69) is 4.99 Å². The maximum Gasteiger partial charge on any atom is 0.250 e. The van der Waals surface area contributed by atoms with E-state index in [9.17, 15) is 13.2 Å². The third kappa shape index (κ3) is 2.56. The maximum absolute atomic E-state index is 11.8. The summed E-state index contributed by atoms with van der Waals surface area (Å²) in [5.41, 5.74) is 0. The van der Waals surface area contributed by atoms with E-state index in [-0.39, 0.29) is 34.6 Å². The lowest BCUT2D eigenvalue weighted by Gasteiger charge is -2.18. The number of hydrogen-bond acceptors (Lipinski definition) is 4. The predicted molar refractivity (Wildman–Crippen MR) is 73.5 cm³/mol. The number of rotatable bonds is 2. The summed E-state index contributed by atoms with van der Waals surface area (Å²) in [6.07, 6.45) is 0.769. The van der Waals surface area contributed by atoms with Gasteiger partial charge in [0.05, 0.1) is 17.5 Å². The van der Waals surface area contributed by atoms with Crippen LogP contribution in [0.25, 0.3) is 0 Å². The van der Waals surface area contributed by atoms with Gasteiger partial charge in [0, 0.05) is 18.2 Å². The highest BCUT2D eigenvalue weighted by Crippen LogP contribution is 2.37. The molecule has 0 N–H and O–H groups in total. The molecular weight excluding hydrogens is 272 g/mol. The highest BCUT2D eigenvalue weighted by atomic mass is 32.2. The maximum atomic E-state index is 11.8. The average Bonchev–Trinajstić information content (AvgIpc) is 2.73. The summed E-state index contributed by atoms with van der Waals surface area (Å²) in [6, 6.07) is -0.0246. The van der Waals surface area contributed by atoms with E-state index in [1.165, 1.54) is 11.8 Å². The summed E-state index contributed by atoms with van der Waals surface area (Å²) in [7, 11) is -1.09. The molecule has 2 fully saturated rings. The number of carbonyl (C=O) groups is 1. The standard InChI is InChI=1S/C11H18N2O3S2/c1-4-7(2)10(14)12-11-13(3)8-5-18(15,16)6-9(8)17-11/h7-9H,4-6H2,1-3H3/t7-,8+,9+/m0/s1. The molecule has 0 bridgehead atoms. The topological polar surface area (TPSA) is 66.8 Å². The van der Waals surface area contributed by atoms with Crippen molar-refractivity contribution in [1.82, 2.24) is 4.90 Å². The van der Waals surface area contributed by atoms with Gasteiger partial charge in [0.2, 0.25) is 0 Å². The van der Waals surface area contributed by atoms with Gasteiger partial charge in [-0.05, 0) is 6.42 Å². The molecule has 1 amide bonds. The van der Waals surface area contributed by atoms with Crippen LogP contribution < -0.4 is 0 Å². The molecule has 2 aliphatic heterocycles. The van der Waals surface area contributed by atoms with Gasteiger partial charge >= 0.3 is 0 Å². The second kappa shape index (κ2) is 4.85. The predicted octanol–water partition coefficient (Wildman–Crippen LogP) is 0.759. The van der Waals surface area contributed by atoms with Gasteiger partial charge in [0.25, 0.3) is 5.91 Å². The van der Waals surface area contributed by atoms with Gasteiger partial charge in [-0.15, -0.1) is 0 Å². The Bertz CT molecular complexity index is 487. The van der Waals surface area contributed by atoms with E-state index in [0.717, 1.165) is 6.42 Å². The molecule has 0 aliphatic carbocycles. The lowest BCUT2D eigenvalue weighted by molar-refractivity contribution is -0.121. The number of hydrogen-bond donors (Lipinski definition) is 0. The summed E-state index contributed by atoms with van der Waals surface area (Å²) in [4.78, 5) is 17.8. The highest BCUT2D eigenvalue weighted by Gasteiger charge is 2.47. The monoisotopic (exact) mass is 290 g/mol. The lowest BCUT2D eigenvalue weighted by atomic mass is 10.1. The van der Waals surface area contributed by atoms with Crippen LogP contribution in [0.15, 0.2) is 4.99 Å². The smallest absolute Gasteiger partial charge is 0.250 e. The van der Waals surface area contributed by atoms with Crippen LogP contribution in [0.4, 0.5) is 0 Å². The van der Waals surface area contributed by atoms with Gasteiger partial charge < -0.3 is 4.90 Å². The molecule has 7 heteroatoms. The Balaban J connectivity index is 2.12. The number of aliphatic imine (C=N–C) groups is 1. The van der Waals surface area contributed by atoms with E-state index < -0.39 is 9.84 Å². The van der Waals surface area contributed by atoms with Gasteiger partial charge in [-0.2, -0.15) is 4.99 Å². The summed E-state index contributed by atoms with van der Waals surface area (Å²) >= 11 is 1.42. The van der Waals surface area contributed by atoms with Crippen LogP contribution in [0.1, 0.15) is 20.3 Å². The molecule has 2 rings (SSSR count). The summed E-state index contributed by atoms with van der Waals surface area (Å²) < 4.78 is 23.1.